The van der Waals surface area contributed by atoms with E-state index in [0.717, 1.165) is 12.1 Å². The molecule has 0 fully saturated rings. The van der Waals surface area contributed by atoms with Gasteiger partial charge in [0.15, 0.2) is 11.6 Å². The van der Waals surface area contributed by atoms with E-state index >= 15 is 0 Å². The van der Waals surface area contributed by atoms with Gasteiger partial charge in [0.25, 0.3) is 0 Å². The van der Waals surface area contributed by atoms with Crippen LogP contribution in [0.15, 0.2) is 12.1 Å². The molecule has 2 rings (SSSR count). The summed E-state index contributed by atoms with van der Waals surface area (Å²) >= 11 is 0. The maximum absolute atomic E-state index is 13.0. The first-order valence-electron chi connectivity index (χ1n) is 4.56. The summed E-state index contributed by atoms with van der Waals surface area (Å²) in [6.07, 6.45) is 0. The van der Waals surface area contributed by atoms with Crippen LogP contribution in [-0.4, -0.2) is 21.3 Å². The number of fused-ring (bicyclic) bond motifs is 1. The Morgan fingerprint density at radius 1 is 1.33 bits per heavy atom. The molecule has 2 aromatic rings. The van der Waals surface area contributed by atoms with Crippen molar-refractivity contribution in [2.75, 3.05) is 6.61 Å². The third-order valence-corrected chi connectivity index (χ3v) is 2.30. The third kappa shape index (κ3) is 1.59. The molecule has 1 heterocycles. The number of rotatable bonds is 2. The maximum Gasteiger partial charge on any atom is 0.161 e. The minimum absolute atomic E-state index is 0.0642. The van der Waals surface area contributed by atoms with Gasteiger partial charge in [0.2, 0.25) is 0 Å². The number of imidazole rings is 1. The number of benzene rings is 1. The van der Waals surface area contributed by atoms with E-state index in [-0.39, 0.29) is 6.61 Å². The summed E-state index contributed by atoms with van der Waals surface area (Å²) in [6, 6.07) is 2.16. The van der Waals surface area contributed by atoms with E-state index in [2.05, 4.69) is 4.98 Å². The van der Waals surface area contributed by atoms with Crippen LogP contribution in [0.1, 0.15) is 5.82 Å². The molecule has 80 valence electrons. The van der Waals surface area contributed by atoms with Gasteiger partial charge in [-0.2, -0.15) is 0 Å². The predicted molar refractivity (Wildman–Crippen MR) is 51.5 cm³/mol. The minimum atomic E-state index is -0.906. The van der Waals surface area contributed by atoms with Gasteiger partial charge in [0.1, 0.15) is 5.82 Å². The SMILES string of the molecule is Cc1nc2cc(F)c(F)cc2n1CCO. The van der Waals surface area contributed by atoms with E-state index in [1.165, 1.54) is 0 Å². The minimum Gasteiger partial charge on any atom is -0.395 e. The molecule has 0 spiro atoms. The first kappa shape index (κ1) is 10.0. The van der Waals surface area contributed by atoms with Crippen molar-refractivity contribution in [1.29, 1.82) is 0 Å². The van der Waals surface area contributed by atoms with Gasteiger partial charge in [0.05, 0.1) is 17.6 Å². The van der Waals surface area contributed by atoms with Crippen LogP contribution in [-0.2, 0) is 6.54 Å². The molecular weight excluding hydrogens is 202 g/mol. The van der Waals surface area contributed by atoms with E-state index < -0.39 is 11.6 Å². The van der Waals surface area contributed by atoms with Crippen LogP contribution in [0.4, 0.5) is 8.78 Å². The lowest BCUT2D eigenvalue weighted by atomic mass is 10.3. The quantitative estimate of drug-likeness (QED) is 0.821. The number of aliphatic hydroxyl groups excluding tert-OH is 1. The van der Waals surface area contributed by atoms with Crippen LogP contribution >= 0.6 is 0 Å². The number of aryl methyl sites for hydroxylation is 1. The van der Waals surface area contributed by atoms with Gasteiger partial charge in [0, 0.05) is 18.7 Å². The monoisotopic (exact) mass is 212 g/mol. The Hall–Kier alpha value is -1.49. The summed E-state index contributed by atoms with van der Waals surface area (Å²) in [5.41, 5.74) is 0.903. The number of aliphatic hydroxyl groups is 1. The molecule has 0 amide bonds. The highest BCUT2D eigenvalue weighted by Crippen LogP contribution is 2.19. The van der Waals surface area contributed by atoms with Gasteiger partial charge in [-0.1, -0.05) is 0 Å². The van der Waals surface area contributed by atoms with E-state index in [1.807, 2.05) is 0 Å². The van der Waals surface area contributed by atoms with Gasteiger partial charge in [-0.15, -0.1) is 0 Å². The number of hydrogen-bond acceptors (Lipinski definition) is 2. The predicted octanol–water partition coefficient (Wildman–Crippen LogP) is 1.62. The average molecular weight is 212 g/mol. The molecule has 0 unspecified atom stereocenters. The second kappa shape index (κ2) is 3.58. The van der Waals surface area contributed by atoms with Gasteiger partial charge >= 0.3 is 0 Å². The zero-order chi connectivity index (χ0) is 11.0. The van der Waals surface area contributed by atoms with Crippen LogP contribution in [0, 0.1) is 18.6 Å². The molecule has 0 aliphatic heterocycles. The molecule has 5 heteroatoms. The molecule has 0 bridgehead atoms. The molecule has 3 nitrogen and oxygen atoms in total. The van der Waals surface area contributed by atoms with Crippen molar-refractivity contribution in [2.24, 2.45) is 0 Å². The smallest absolute Gasteiger partial charge is 0.161 e. The zero-order valence-electron chi connectivity index (χ0n) is 8.17. The van der Waals surface area contributed by atoms with Crippen molar-refractivity contribution in [3.05, 3.63) is 29.6 Å². The molecule has 15 heavy (non-hydrogen) atoms. The second-order valence-electron chi connectivity index (χ2n) is 3.29. The lowest BCUT2D eigenvalue weighted by molar-refractivity contribution is 0.276. The Balaban J connectivity index is 2.70. The summed E-state index contributed by atoms with van der Waals surface area (Å²) in [5.74, 6) is -1.18. The van der Waals surface area contributed by atoms with Crippen LogP contribution in [0.5, 0.6) is 0 Å². The molecule has 1 aromatic carbocycles. The van der Waals surface area contributed by atoms with Gasteiger partial charge in [-0.3, -0.25) is 0 Å². The Morgan fingerprint density at radius 3 is 2.67 bits per heavy atom. The molecule has 1 aromatic heterocycles. The van der Waals surface area contributed by atoms with Gasteiger partial charge < -0.3 is 9.67 Å². The second-order valence-corrected chi connectivity index (χ2v) is 3.29. The third-order valence-electron chi connectivity index (χ3n) is 2.30. The standard InChI is InChI=1S/C10H10F2N2O/c1-6-13-9-4-7(11)8(12)5-10(9)14(6)2-3-15/h4-5,15H,2-3H2,1H3. The van der Waals surface area contributed by atoms with E-state index in [1.54, 1.807) is 11.5 Å². The van der Waals surface area contributed by atoms with Crippen molar-refractivity contribution >= 4 is 11.0 Å². The van der Waals surface area contributed by atoms with Crippen LogP contribution in [0.25, 0.3) is 11.0 Å². The fourth-order valence-corrected chi connectivity index (χ4v) is 1.62. The molecule has 0 saturated heterocycles. The molecule has 0 aliphatic carbocycles. The van der Waals surface area contributed by atoms with E-state index in [4.69, 9.17) is 5.11 Å². The molecule has 0 radical (unpaired) electrons. The van der Waals surface area contributed by atoms with Gasteiger partial charge in [-0.25, -0.2) is 13.8 Å². The van der Waals surface area contributed by atoms with Crippen molar-refractivity contribution in [3.63, 3.8) is 0 Å². The first-order valence-corrected chi connectivity index (χ1v) is 4.56. The lowest BCUT2D eigenvalue weighted by Gasteiger charge is -2.03. The molecular formula is C10H10F2N2O. The normalized spacial score (nSPS) is 11.2. The number of nitrogens with zero attached hydrogens (tertiary/aromatic N) is 2. The highest BCUT2D eigenvalue weighted by atomic mass is 19.2. The molecule has 0 aliphatic rings. The average Bonchev–Trinajstić information content (AvgIpc) is 2.46. The fourth-order valence-electron chi connectivity index (χ4n) is 1.62. The van der Waals surface area contributed by atoms with Crippen molar-refractivity contribution in [3.8, 4) is 0 Å². The van der Waals surface area contributed by atoms with Crippen molar-refractivity contribution < 1.29 is 13.9 Å². The van der Waals surface area contributed by atoms with Crippen LogP contribution < -0.4 is 0 Å². The van der Waals surface area contributed by atoms with E-state index in [9.17, 15) is 8.78 Å². The van der Waals surface area contributed by atoms with Gasteiger partial charge in [-0.05, 0) is 6.92 Å². The largest absolute Gasteiger partial charge is 0.395 e. The summed E-state index contributed by atoms with van der Waals surface area (Å²) in [5, 5.41) is 8.83. The Kier molecular flexibility index (Phi) is 2.40. The Morgan fingerprint density at radius 2 is 2.00 bits per heavy atom. The number of hydrogen-bond donors (Lipinski definition) is 1. The van der Waals surface area contributed by atoms with Crippen molar-refractivity contribution in [2.45, 2.75) is 13.5 Å². The zero-order valence-corrected chi connectivity index (χ0v) is 8.17. The maximum atomic E-state index is 13.0. The van der Waals surface area contributed by atoms with Crippen LogP contribution in [0.2, 0.25) is 0 Å². The topological polar surface area (TPSA) is 38.0 Å². The summed E-state index contributed by atoms with van der Waals surface area (Å²) < 4.78 is 27.6. The Bertz CT molecular complexity index is 508. The number of halogens is 2. The molecule has 0 saturated carbocycles. The summed E-state index contributed by atoms with van der Waals surface area (Å²) in [4.78, 5) is 4.08. The fraction of sp³-hybridized carbons (Fsp3) is 0.300. The highest BCUT2D eigenvalue weighted by molar-refractivity contribution is 5.76. The molecule has 0 atom stereocenters. The van der Waals surface area contributed by atoms with Crippen molar-refractivity contribution in [1.82, 2.24) is 9.55 Å². The molecule has 1 N–H and O–H groups in total. The summed E-state index contributed by atoms with van der Waals surface area (Å²) in [7, 11) is 0. The Labute approximate surface area is 85.0 Å². The number of aromatic nitrogens is 2. The first-order chi connectivity index (χ1) is 7.13. The lowest BCUT2D eigenvalue weighted by Crippen LogP contribution is -2.04. The summed E-state index contributed by atoms with van der Waals surface area (Å²) in [6.45, 7) is 1.99. The van der Waals surface area contributed by atoms with E-state index in [0.29, 0.717) is 23.4 Å². The highest BCUT2D eigenvalue weighted by Gasteiger charge is 2.11. The van der Waals surface area contributed by atoms with Crippen LogP contribution in [0.3, 0.4) is 0 Å².